The molecule has 0 aliphatic rings. The van der Waals surface area contributed by atoms with E-state index in [4.69, 9.17) is 4.74 Å². The summed E-state index contributed by atoms with van der Waals surface area (Å²) in [6.07, 6.45) is 2.01. The summed E-state index contributed by atoms with van der Waals surface area (Å²) in [5.74, 6) is 0.698. The third-order valence-corrected chi connectivity index (χ3v) is 6.13. The predicted octanol–water partition coefficient (Wildman–Crippen LogP) is 5.27. The molecule has 0 aliphatic carbocycles. The summed E-state index contributed by atoms with van der Waals surface area (Å²) in [6.45, 7) is 2.37. The summed E-state index contributed by atoms with van der Waals surface area (Å²) in [6, 6.07) is 15.4. The number of ether oxygens (including phenoxy) is 1. The van der Waals surface area contributed by atoms with E-state index in [1.54, 1.807) is 28.9 Å². The van der Waals surface area contributed by atoms with E-state index in [9.17, 15) is 4.79 Å². The van der Waals surface area contributed by atoms with Crippen LogP contribution in [0, 0.1) is 0 Å². The van der Waals surface area contributed by atoms with Gasteiger partial charge in [0.05, 0.1) is 23.9 Å². The van der Waals surface area contributed by atoms with E-state index in [0.29, 0.717) is 6.61 Å². The number of thiazole rings is 1. The van der Waals surface area contributed by atoms with Crippen LogP contribution in [0.15, 0.2) is 70.9 Å². The minimum atomic E-state index is -0.133. The molecule has 4 aromatic rings. The third-order valence-electron chi connectivity index (χ3n) is 4.51. The fraction of sp³-hybridized carbons (Fsp3) is 0.174. The molecule has 7 heteroatoms. The first-order valence-electron chi connectivity index (χ1n) is 9.56. The topological polar surface area (TPSA) is 64.1 Å². The van der Waals surface area contributed by atoms with Crippen LogP contribution in [0.4, 0.5) is 0 Å². The van der Waals surface area contributed by atoms with Crippen molar-refractivity contribution in [3.05, 3.63) is 87.8 Å². The Morgan fingerprint density at radius 2 is 2.07 bits per heavy atom. The number of carbonyl (C=O) groups is 1. The van der Waals surface area contributed by atoms with Gasteiger partial charge in [-0.2, -0.15) is 11.3 Å². The van der Waals surface area contributed by atoms with Gasteiger partial charge < -0.3 is 10.1 Å². The average molecular weight is 436 g/mol. The molecule has 4 rings (SSSR count). The molecule has 0 aliphatic heterocycles. The molecule has 3 heterocycles. The molecule has 0 radical (unpaired) electrons. The number of hydrogen-bond donors (Lipinski definition) is 1. The molecular weight excluding hydrogens is 414 g/mol. The number of rotatable bonds is 8. The summed E-state index contributed by atoms with van der Waals surface area (Å²) in [7, 11) is 0. The Labute approximate surface area is 183 Å². The number of carbonyl (C=O) groups excluding carboxylic acids is 1. The van der Waals surface area contributed by atoms with Crippen LogP contribution < -0.4 is 10.1 Å². The molecule has 0 fully saturated rings. The number of thiophene rings is 1. The highest BCUT2D eigenvalue weighted by Crippen LogP contribution is 2.26. The summed E-state index contributed by atoms with van der Waals surface area (Å²) in [4.78, 5) is 21.3. The molecule has 5 nitrogen and oxygen atoms in total. The molecule has 1 amide bonds. The van der Waals surface area contributed by atoms with Crippen molar-refractivity contribution >= 4 is 28.6 Å². The van der Waals surface area contributed by atoms with Gasteiger partial charge in [-0.15, -0.1) is 11.3 Å². The van der Waals surface area contributed by atoms with Gasteiger partial charge in [0.15, 0.2) is 0 Å². The molecule has 30 heavy (non-hydrogen) atoms. The van der Waals surface area contributed by atoms with Crippen molar-refractivity contribution in [1.82, 2.24) is 15.3 Å². The van der Waals surface area contributed by atoms with Crippen LogP contribution in [0.3, 0.4) is 0 Å². The lowest BCUT2D eigenvalue weighted by Crippen LogP contribution is -2.28. The highest BCUT2D eigenvalue weighted by atomic mass is 32.1. The molecule has 3 aromatic heterocycles. The second-order valence-electron chi connectivity index (χ2n) is 6.80. The van der Waals surface area contributed by atoms with Crippen LogP contribution in [0.2, 0.25) is 0 Å². The standard InChI is InChI=1S/C23H21N3O2S2/c1-16(17-5-4-7-21(11-17)28-13-19-6-2-3-9-24-19)25-22(27)12-20-15-30-23(26-20)18-8-10-29-14-18/h2-11,14-16H,12-13H2,1H3,(H,25,27). The van der Waals surface area contributed by atoms with Gasteiger partial charge in [-0.05, 0) is 48.2 Å². The van der Waals surface area contributed by atoms with E-state index in [1.807, 2.05) is 66.2 Å². The van der Waals surface area contributed by atoms with E-state index in [2.05, 4.69) is 20.7 Å². The maximum Gasteiger partial charge on any atom is 0.226 e. The molecular formula is C23H21N3O2S2. The number of nitrogens with zero attached hydrogens (tertiary/aromatic N) is 2. The Morgan fingerprint density at radius 1 is 1.13 bits per heavy atom. The van der Waals surface area contributed by atoms with Gasteiger partial charge in [-0.1, -0.05) is 18.2 Å². The monoisotopic (exact) mass is 435 g/mol. The minimum absolute atomic E-state index is 0.0514. The number of aromatic nitrogens is 2. The van der Waals surface area contributed by atoms with E-state index in [1.165, 1.54) is 0 Å². The first kappa shape index (κ1) is 20.3. The van der Waals surface area contributed by atoms with Crippen molar-refractivity contribution in [3.63, 3.8) is 0 Å². The zero-order valence-electron chi connectivity index (χ0n) is 16.4. The lowest BCUT2D eigenvalue weighted by atomic mass is 10.1. The summed E-state index contributed by atoms with van der Waals surface area (Å²) in [5, 5.41) is 10.0. The lowest BCUT2D eigenvalue weighted by molar-refractivity contribution is -0.121. The van der Waals surface area contributed by atoms with E-state index < -0.39 is 0 Å². The zero-order chi connectivity index (χ0) is 20.8. The van der Waals surface area contributed by atoms with Crippen molar-refractivity contribution < 1.29 is 9.53 Å². The number of benzene rings is 1. The van der Waals surface area contributed by atoms with Crippen molar-refractivity contribution in [2.45, 2.75) is 26.0 Å². The van der Waals surface area contributed by atoms with Gasteiger partial charge in [0, 0.05) is 22.5 Å². The van der Waals surface area contributed by atoms with Crippen molar-refractivity contribution in [2.24, 2.45) is 0 Å². The van der Waals surface area contributed by atoms with Crippen molar-refractivity contribution in [3.8, 4) is 16.3 Å². The normalized spacial score (nSPS) is 11.8. The first-order valence-corrected chi connectivity index (χ1v) is 11.4. The van der Waals surface area contributed by atoms with Crippen LogP contribution in [0.5, 0.6) is 5.75 Å². The van der Waals surface area contributed by atoms with Crippen molar-refractivity contribution in [1.29, 1.82) is 0 Å². The van der Waals surface area contributed by atoms with Crippen LogP contribution in [-0.2, 0) is 17.8 Å². The zero-order valence-corrected chi connectivity index (χ0v) is 18.1. The fourth-order valence-electron chi connectivity index (χ4n) is 2.96. The van der Waals surface area contributed by atoms with Gasteiger partial charge in [-0.3, -0.25) is 9.78 Å². The number of nitrogens with one attached hydrogen (secondary N) is 1. The van der Waals surface area contributed by atoms with Crippen molar-refractivity contribution in [2.75, 3.05) is 0 Å². The molecule has 1 aromatic carbocycles. The largest absolute Gasteiger partial charge is 0.487 e. The Kier molecular flexibility index (Phi) is 6.51. The summed E-state index contributed by atoms with van der Waals surface area (Å²) in [5.41, 5.74) is 3.75. The summed E-state index contributed by atoms with van der Waals surface area (Å²) < 4.78 is 5.84. The number of pyridine rings is 1. The maximum absolute atomic E-state index is 12.5. The highest BCUT2D eigenvalue weighted by Gasteiger charge is 2.13. The first-order chi connectivity index (χ1) is 14.7. The fourth-order valence-corrected chi connectivity index (χ4v) is 4.49. The Morgan fingerprint density at radius 3 is 2.87 bits per heavy atom. The minimum Gasteiger partial charge on any atom is -0.487 e. The van der Waals surface area contributed by atoms with Gasteiger partial charge in [-0.25, -0.2) is 4.98 Å². The Bertz CT molecular complexity index is 1090. The third kappa shape index (κ3) is 5.31. The molecule has 0 saturated carbocycles. The summed E-state index contributed by atoms with van der Waals surface area (Å²) >= 11 is 3.20. The lowest BCUT2D eigenvalue weighted by Gasteiger charge is -2.15. The van der Waals surface area contributed by atoms with Gasteiger partial charge in [0.1, 0.15) is 17.4 Å². The predicted molar refractivity (Wildman–Crippen MR) is 121 cm³/mol. The van der Waals surface area contributed by atoms with E-state index in [-0.39, 0.29) is 18.4 Å². The van der Waals surface area contributed by atoms with Gasteiger partial charge >= 0.3 is 0 Å². The molecule has 152 valence electrons. The molecule has 0 spiro atoms. The molecule has 1 atom stereocenters. The van der Waals surface area contributed by atoms with Crippen LogP contribution in [0.1, 0.15) is 29.9 Å². The number of amides is 1. The second-order valence-corrected chi connectivity index (χ2v) is 8.44. The van der Waals surface area contributed by atoms with Gasteiger partial charge in [0.2, 0.25) is 5.91 Å². The molecule has 0 bridgehead atoms. The Balaban J connectivity index is 1.33. The second kappa shape index (κ2) is 9.65. The van der Waals surface area contributed by atoms with Gasteiger partial charge in [0.25, 0.3) is 0 Å². The smallest absolute Gasteiger partial charge is 0.226 e. The molecule has 1 N–H and O–H groups in total. The Hall–Kier alpha value is -3.03. The maximum atomic E-state index is 12.5. The van der Waals surface area contributed by atoms with Crippen LogP contribution >= 0.6 is 22.7 Å². The SMILES string of the molecule is CC(NC(=O)Cc1csc(-c2ccsc2)n1)c1cccc(OCc2ccccn2)c1. The highest BCUT2D eigenvalue weighted by molar-refractivity contribution is 7.14. The quantitative estimate of drug-likeness (QED) is 0.410. The van der Waals surface area contributed by atoms with E-state index in [0.717, 1.165) is 33.3 Å². The molecule has 1 unspecified atom stereocenters. The van der Waals surface area contributed by atoms with E-state index >= 15 is 0 Å². The van der Waals surface area contributed by atoms with Crippen LogP contribution in [0.25, 0.3) is 10.6 Å². The van der Waals surface area contributed by atoms with Crippen LogP contribution in [-0.4, -0.2) is 15.9 Å². The molecule has 0 saturated heterocycles. The number of hydrogen-bond acceptors (Lipinski definition) is 6. The average Bonchev–Trinajstić information content (AvgIpc) is 3.45.